The van der Waals surface area contributed by atoms with Gasteiger partial charge in [0.25, 0.3) is 0 Å². The van der Waals surface area contributed by atoms with Gasteiger partial charge in [0.15, 0.2) is 5.96 Å². The van der Waals surface area contributed by atoms with Crippen molar-refractivity contribution in [3.05, 3.63) is 23.9 Å². The first-order chi connectivity index (χ1) is 13.1. The van der Waals surface area contributed by atoms with E-state index in [0.717, 1.165) is 6.07 Å². The zero-order valence-electron chi connectivity index (χ0n) is 15.5. The third kappa shape index (κ3) is 8.80. The standard InChI is InChI=1S/C16H21F6N5O.HI/c1-23-14(26-11-4-7-27(9-11)10-15(17,18)19)25-6-8-28-13-12(16(20,21)22)3-2-5-24-13;/h2-3,5,11H,4,6-10H2,1H3,(H2,23,25,26);1H. The van der Waals surface area contributed by atoms with Gasteiger partial charge in [-0.1, -0.05) is 0 Å². The molecule has 13 heteroatoms. The van der Waals surface area contributed by atoms with Crippen molar-refractivity contribution in [2.24, 2.45) is 4.99 Å². The number of halogens is 7. The summed E-state index contributed by atoms with van der Waals surface area (Å²) in [6.07, 6.45) is -7.09. The van der Waals surface area contributed by atoms with Crippen molar-refractivity contribution >= 4 is 29.9 Å². The maximum Gasteiger partial charge on any atom is 0.421 e. The molecule has 1 aromatic rings. The molecule has 1 aliphatic heterocycles. The number of aliphatic imine (C=N–C) groups is 1. The Morgan fingerprint density at radius 3 is 2.66 bits per heavy atom. The van der Waals surface area contributed by atoms with Crippen LogP contribution in [0.3, 0.4) is 0 Å². The summed E-state index contributed by atoms with van der Waals surface area (Å²) in [7, 11) is 1.49. The smallest absolute Gasteiger partial charge is 0.421 e. The molecule has 29 heavy (non-hydrogen) atoms. The molecule has 0 amide bonds. The van der Waals surface area contributed by atoms with E-state index in [4.69, 9.17) is 4.74 Å². The van der Waals surface area contributed by atoms with Gasteiger partial charge in [-0.25, -0.2) is 4.98 Å². The lowest BCUT2D eigenvalue weighted by Gasteiger charge is -2.20. The molecule has 0 saturated carbocycles. The Morgan fingerprint density at radius 1 is 1.31 bits per heavy atom. The number of nitrogens with zero attached hydrogens (tertiary/aromatic N) is 3. The van der Waals surface area contributed by atoms with E-state index < -0.39 is 30.3 Å². The van der Waals surface area contributed by atoms with Crippen LogP contribution in [0.15, 0.2) is 23.3 Å². The van der Waals surface area contributed by atoms with Crippen molar-refractivity contribution in [2.75, 3.05) is 39.8 Å². The molecule has 1 fully saturated rings. The lowest BCUT2D eigenvalue weighted by atomic mass is 10.2. The second-order valence-electron chi connectivity index (χ2n) is 6.18. The van der Waals surface area contributed by atoms with Gasteiger partial charge in [-0.05, 0) is 18.6 Å². The highest BCUT2D eigenvalue weighted by Gasteiger charge is 2.35. The van der Waals surface area contributed by atoms with Crippen molar-refractivity contribution in [1.29, 1.82) is 0 Å². The van der Waals surface area contributed by atoms with Gasteiger partial charge < -0.3 is 15.4 Å². The minimum Gasteiger partial charge on any atom is -0.475 e. The van der Waals surface area contributed by atoms with E-state index in [-0.39, 0.29) is 49.7 Å². The summed E-state index contributed by atoms with van der Waals surface area (Å²) in [5.41, 5.74) is -0.965. The number of nitrogens with one attached hydrogen (secondary N) is 2. The van der Waals surface area contributed by atoms with Gasteiger partial charge in [0.2, 0.25) is 5.88 Å². The number of rotatable bonds is 6. The predicted molar refractivity (Wildman–Crippen MR) is 106 cm³/mol. The molecule has 1 aromatic heterocycles. The third-order valence-electron chi connectivity index (χ3n) is 3.95. The number of hydrogen-bond donors (Lipinski definition) is 2. The van der Waals surface area contributed by atoms with Gasteiger partial charge in [-0.2, -0.15) is 26.3 Å². The monoisotopic (exact) mass is 541 g/mol. The van der Waals surface area contributed by atoms with Crippen LogP contribution in [-0.2, 0) is 6.18 Å². The zero-order chi connectivity index (χ0) is 20.8. The number of aromatic nitrogens is 1. The molecule has 6 nitrogen and oxygen atoms in total. The highest BCUT2D eigenvalue weighted by atomic mass is 127. The van der Waals surface area contributed by atoms with Gasteiger partial charge in [0, 0.05) is 32.4 Å². The maximum absolute atomic E-state index is 12.9. The Morgan fingerprint density at radius 2 is 2.03 bits per heavy atom. The normalized spacial score (nSPS) is 18.3. The summed E-state index contributed by atoms with van der Waals surface area (Å²) in [4.78, 5) is 8.84. The lowest BCUT2D eigenvalue weighted by Crippen LogP contribution is -2.46. The first-order valence-corrected chi connectivity index (χ1v) is 8.50. The molecule has 0 aliphatic carbocycles. The average Bonchev–Trinajstić information content (AvgIpc) is 3.02. The fraction of sp³-hybridized carbons (Fsp3) is 0.625. The summed E-state index contributed by atoms with van der Waals surface area (Å²) in [5, 5.41) is 5.85. The van der Waals surface area contributed by atoms with Gasteiger partial charge in [-0.3, -0.25) is 9.89 Å². The van der Waals surface area contributed by atoms with E-state index in [9.17, 15) is 26.3 Å². The largest absolute Gasteiger partial charge is 0.475 e. The van der Waals surface area contributed by atoms with Crippen LogP contribution in [0.4, 0.5) is 26.3 Å². The molecular weight excluding hydrogens is 519 g/mol. The second-order valence-corrected chi connectivity index (χ2v) is 6.18. The zero-order valence-corrected chi connectivity index (χ0v) is 17.8. The first kappa shape index (κ1) is 25.5. The van der Waals surface area contributed by atoms with Crippen LogP contribution in [-0.4, -0.2) is 67.9 Å². The fourth-order valence-electron chi connectivity index (χ4n) is 2.77. The molecule has 0 aromatic carbocycles. The first-order valence-electron chi connectivity index (χ1n) is 8.50. The fourth-order valence-corrected chi connectivity index (χ4v) is 2.77. The average molecular weight is 541 g/mol. The van der Waals surface area contributed by atoms with Crippen LogP contribution in [0.5, 0.6) is 5.88 Å². The SMILES string of the molecule is CN=C(NCCOc1ncccc1C(F)(F)F)NC1CCN(CC(F)(F)F)C1.I. The molecular formula is C16H22F6IN5O. The summed E-state index contributed by atoms with van der Waals surface area (Å²) in [6.45, 7) is -0.397. The number of ether oxygens (including phenoxy) is 1. The summed E-state index contributed by atoms with van der Waals surface area (Å²) >= 11 is 0. The topological polar surface area (TPSA) is 61.8 Å². The molecule has 1 saturated heterocycles. The van der Waals surface area contributed by atoms with E-state index in [2.05, 4.69) is 20.6 Å². The minimum atomic E-state index is -4.57. The molecule has 1 unspecified atom stereocenters. The summed E-state index contributed by atoms with van der Waals surface area (Å²) in [5.74, 6) is -0.183. The predicted octanol–water partition coefficient (Wildman–Crippen LogP) is 2.90. The van der Waals surface area contributed by atoms with Crippen molar-refractivity contribution in [2.45, 2.75) is 24.8 Å². The second kappa shape index (κ2) is 11.0. The minimum absolute atomic E-state index is 0. The molecule has 0 spiro atoms. The molecule has 1 atom stereocenters. The molecule has 0 bridgehead atoms. The van der Waals surface area contributed by atoms with Crippen molar-refractivity contribution in [3.8, 4) is 5.88 Å². The molecule has 0 radical (unpaired) electrons. The number of hydrogen-bond acceptors (Lipinski definition) is 4. The Hall–Kier alpha value is -1.51. The van der Waals surface area contributed by atoms with E-state index in [1.54, 1.807) is 0 Å². The van der Waals surface area contributed by atoms with Gasteiger partial charge >= 0.3 is 12.4 Å². The van der Waals surface area contributed by atoms with E-state index in [1.807, 2.05) is 0 Å². The van der Waals surface area contributed by atoms with Crippen LogP contribution >= 0.6 is 24.0 Å². The van der Waals surface area contributed by atoms with E-state index in [0.29, 0.717) is 18.9 Å². The van der Waals surface area contributed by atoms with Crippen LogP contribution in [0.2, 0.25) is 0 Å². The Bertz CT molecular complexity index is 670. The van der Waals surface area contributed by atoms with Gasteiger partial charge in [0.05, 0.1) is 13.1 Å². The molecule has 2 N–H and O–H groups in total. The molecule has 166 valence electrons. The maximum atomic E-state index is 12.9. The van der Waals surface area contributed by atoms with Crippen LogP contribution < -0.4 is 15.4 Å². The Kier molecular flexibility index (Phi) is 9.71. The highest BCUT2D eigenvalue weighted by molar-refractivity contribution is 14.0. The summed E-state index contributed by atoms with van der Waals surface area (Å²) < 4.78 is 81.0. The van der Waals surface area contributed by atoms with Gasteiger partial charge in [0.1, 0.15) is 12.2 Å². The number of alkyl halides is 6. The van der Waals surface area contributed by atoms with E-state index >= 15 is 0 Å². The number of likely N-dealkylation sites (tertiary alicyclic amines) is 1. The van der Waals surface area contributed by atoms with Crippen LogP contribution in [0.1, 0.15) is 12.0 Å². The van der Waals surface area contributed by atoms with Crippen LogP contribution in [0, 0.1) is 0 Å². The van der Waals surface area contributed by atoms with E-state index in [1.165, 1.54) is 24.2 Å². The Balaban J connectivity index is 0.00000420. The van der Waals surface area contributed by atoms with Crippen molar-refractivity contribution in [1.82, 2.24) is 20.5 Å². The van der Waals surface area contributed by atoms with Crippen LogP contribution in [0.25, 0.3) is 0 Å². The molecule has 1 aliphatic rings. The van der Waals surface area contributed by atoms with Gasteiger partial charge in [-0.15, -0.1) is 24.0 Å². The third-order valence-corrected chi connectivity index (χ3v) is 3.95. The quantitative estimate of drug-likeness (QED) is 0.191. The molecule has 2 heterocycles. The van der Waals surface area contributed by atoms with Crippen molar-refractivity contribution in [3.63, 3.8) is 0 Å². The van der Waals surface area contributed by atoms with Crippen molar-refractivity contribution < 1.29 is 31.1 Å². The Labute approximate surface area is 181 Å². The summed E-state index contributed by atoms with van der Waals surface area (Å²) in [6, 6.07) is 1.84. The molecule has 2 rings (SSSR count). The highest BCUT2D eigenvalue weighted by Crippen LogP contribution is 2.34. The number of guanidine groups is 1. The number of pyridine rings is 1. The lowest BCUT2D eigenvalue weighted by molar-refractivity contribution is -0.143.